The third-order valence-electron chi connectivity index (χ3n) is 2.24. The van der Waals surface area contributed by atoms with Crippen LogP contribution in [0.3, 0.4) is 0 Å². The molecular formula is C11H13F3O2. The highest BCUT2D eigenvalue weighted by atomic mass is 19.4. The van der Waals surface area contributed by atoms with E-state index in [2.05, 4.69) is 0 Å². The summed E-state index contributed by atoms with van der Waals surface area (Å²) in [6.07, 6.45) is -6.93. The van der Waals surface area contributed by atoms with Gasteiger partial charge in [-0.25, -0.2) is 0 Å². The zero-order valence-electron chi connectivity index (χ0n) is 8.79. The number of aryl methyl sites for hydroxylation is 1. The molecule has 2 nitrogen and oxygen atoms in total. The second-order valence-electron chi connectivity index (χ2n) is 3.44. The minimum Gasteiger partial charge on any atom is -0.497 e. The van der Waals surface area contributed by atoms with Crippen LogP contribution in [0.25, 0.3) is 0 Å². The predicted octanol–water partition coefficient (Wildman–Crippen LogP) is 2.55. The zero-order valence-corrected chi connectivity index (χ0v) is 8.79. The fourth-order valence-electron chi connectivity index (χ4n) is 1.26. The second kappa shape index (κ2) is 5.21. The Kier molecular flexibility index (Phi) is 4.18. The molecular weight excluding hydrogens is 221 g/mol. The smallest absolute Gasteiger partial charge is 0.414 e. The molecule has 0 bridgehead atoms. The molecule has 0 amide bonds. The van der Waals surface area contributed by atoms with Gasteiger partial charge in [-0.05, 0) is 30.5 Å². The van der Waals surface area contributed by atoms with E-state index < -0.39 is 12.3 Å². The Morgan fingerprint density at radius 2 is 1.81 bits per heavy atom. The number of hydrogen-bond acceptors (Lipinski definition) is 2. The Bertz CT molecular complexity index is 319. The van der Waals surface area contributed by atoms with E-state index in [9.17, 15) is 13.2 Å². The Morgan fingerprint density at radius 1 is 1.25 bits per heavy atom. The van der Waals surface area contributed by atoms with E-state index in [0.29, 0.717) is 5.75 Å². The first-order chi connectivity index (χ1) is 7.43. The molecule has 0 aliphatic carbocycles. The fourth-order valence-corrected chi connectivity index (χ4v) is 1.26. The number of aliphatic hydroxyl groups is 1. The van der Waals surface area contributed by atoms with Crippen molar-refractivity contribution in [3.8, 4) is 5.75 Å². The monoisotopic (exact) mass is 234 g/mol. The van der Waals surface area contributed by atoms with Crippen LogP contribution in [0, 0.1) is 0 Å². The molecule has 0 aromatic heterocycles. The summed E-state index contributed by atoms with van der Waals surface area (Å²) < 4.78 is 40.9. The number of ether oxygens (including phenoxy) is 1. The first-order valence-electron chi connectivity index (χ1n) is 4.81. The molecule has 5 heteroatoms. The molecule has 0 aliphatic rings. The highest BCUT2D eigenvalue weighted by Crippen LogP contribution is 2.23. The molecule has 0 radical (unpaired) electrons. The average Bonchev–Trinajstić information content (AvgIpc) is 2.25. The Balaban J connectivity index is 2.48. The van der Waals surface area contributed by atoms with E-state index in [1.54, 1.807) is 24.3 Å². The Hall–Kier alpha value is -1.23. The number of halogens is 3. The molecule has 0 saturated carbocycles. The summed E-state index contributed by atoms with van der Waals surface area (Å²) in [6.45, 7) is 0. The van der Waals surface area contributed by atoms with Crippen LogP contribution in [0.15, 0.2) is 24.3 Å². The van der Waals surface area contributed by atoms with Crippen molar-refractivity contribution in [3.05, 3.63) is 29.8 Å². The van der Waals surface area contributed by atoms with Crippen LogP contribution in [-0.2, 0) is 6.42 Å². The van der Waals surface area contributed by atoms with Crippen molar-refractivity contribution in [2.45, 2.75) is 25.1 Å². The minimum atomic E-state index is -4.54. The summed E-state index contributed by atoms with van der Waals surface area (Å²) in [5.41, 5.74) is 0.740. The largest absolute Gasteiger partial charge is 0.497 e. The van der Waals surface area contributed by atoms with Gasteiger partial charge in [-0.1, -0.05) is 12.1 Å². The highest BCUT2D eigenvalue weighted by Gasteiger charge is 2.37. The molecule has 90 valence electrons. The molecule has 0 aliphatic heterocycles. The molecule has 0 fully saturated rings. The van der Waals surface area contributed by atoms with Crippen molar-refractivity contribution in [2.24, 2.45) is 0 Å². The lowest BCUT2D eigenvalue weighted by molar-refractivity contribution is -0.205. The molecule has 0 unspecified atom stereocenters. The lowest BCUT2D eigenvalue weighted by atomic mass is 10.1. The zero-order chi connectivity index (χ0) is 12.2. The van der Waals surface area contributed by atoms with E-state index in [4.69, 9.17) is 9.84 Å². The summed E-state index contributed by atoms with van der Waals surface area (Å²) in [5, 5.41) is 8.80. The van der Waals surface area contributed by atoms with Crippen molar-refractivity contribution in [1.29, 1.82) is 0 Å². The van der Waals surface area contributed by atoms with Crippen LogP contribution in [0.2, 0.25) is 0 Å². The average molecular weight is 234 g/mol. The van der Waals surface area contributed by atoms with Gasteiger partial charge in [0.05, 0.1) is 7.11 Å². The van der Waals surface area contributed by atoms with Gasteiger partial charge in [0.1, 0.15) is 11.9 Å². The topological polar surface area (TPSA) is 29.5 Å². The van der Waals surface area contributed by atoms with Crippen LogP contribution >= 0.6 is 0 Å². The summed E-state index contributed by atoms with van der Waals surface area (Å²) in [6, 6.07) is 6.72. The standard InChI is InChI=1S/C11H13F3O2/c1-16-9-5-2-8(3-6-9)4-7-10(15)11(12,13)14/h2-3,5-6,10,15H,4,7H2,1H3/t10-/m1/s1. The van der Waals surface area contributed by atoms with Gasteiger partial charge in [0.15, 0.2) is 0 Å². The van der Waals surface area contributed by atoms with Crippen LogP contribution < -0.4 is 4.74 Å². The van der Waals surface area contributed by atoms with E-state index in [-0.39, 0.29) is 12.8 Å². The summed E-state index contributed by atoms with van der Waals surface area (Å²) >= 11 is 0. The molecule has 1 aromatic rings. The maximum atomic E-state index is 12.0. The van der Waals surface area contributed by atoms with Crippen molar-refractivity contribution < 1.29 is 23.0 Å². The summed E-state index contributed by atoms with van der Waals surface area (Å²) in [7, 11) is 1.52. The lowest BCUT2D eigenvalue weighted by Gasteiger charge is -2.14. The maximum absolute atomic E-state index is 12.0. The minimum absolute atomic E-state index is 0.185. The van der Waals surface area contributed by atoms with Crippen LogP contribution in [0.4, 0.5) is 13.2 Å². The Morgan fingerprint density at radius 3 is 2.25 bits per heavy atom. The molecule has 0 heterocycles. The van der Waals surface area contributed by atoms with Crippen LogP contribution in [-0.4, -0.2) is 24.5 Å². The molecule has 16 heavy (non-hydrogen) atoms. The second-order valence-corrected chi connectivity index (χ2v) is 3.44. The quantitative estimate of drug-likeness (QED) is 0.867. The normalized spacial score (nSPS) is 13.6. The molecule has 0 spiro atoms. The van der Waals surface area contributed by atoms with Crippen LogP contribution in [0.1, 0.15) is 12.0 Å². The van der Waals surface area contributed by atoms with Gasteiger partial charge in [-0.2, -0.15) is 13.2 Å². The number of aliphatic hydroxyl groups excluding tert-OH is 1. The third kappa shape index (κ3) is 3.73. The number of hydrogen-bond donors (Lipinski definition) is 1. The summed E-state index contributed by atoms with van der Waals surface area (Å²) in [4.78, 5) is 0. The van der Waals surface area contributed by atoms with Gasteiger partial charge in [-0.3, -0.25) is 0 Å². The van der Waals surface area contributed by atoms with Crippen molar-refractivity contribution in [1.82, 2.24) is 0 Å². The first-order valence-corrected chi connectivity index (χ1v) is 4.81. The first kappa shape index (κ1) is 12.8. The molecule has 1 aromatic carbocycles. The highest BCUT2D eigenvalue weighted by molar-refractivity contribution is 5.27. The predicted molar refractivity (Wildman–Crippen MR) is 53.4 cm³/mol. The number of methoxy groups -OCH3 is 1. The molecule has 1 N–H and O–H groups in total. The number of benzene rings is 1. The van der Waals surface area contributed by atoms with E-state index in [1.807, 2.05) is 0 Å². The van der Waals surface area contributed by atoms with Gasteiger partial charge in [0.25, 0.3) is 0 Å². The van der Waals surface area contributed by atoms with E-state index in [1.165, 1.54) is 7.11 Å². The van der Waals surface area contributed by atoms with Crippen LogP contribution in [0.5, 0.6) is 5.75 Å². The molecule has 1 atom stereocenters. The van der Waals surface area contributed by atoms with Gasteiger partial charge in [0, 0.05) is 0 Å². The maximum Gasteiger partial charge on any atom is 0.414 e. The van der Waals surface area contributed by atoms with Gasteiger partial charge >= 0.3 is 6.18 Å². The van der Waals surface area contributed by atoms with Gasteiger partial charge < -0.3 is 9.84 Å². The molecule has 0 saturated heterocycles. The lowest BCUT2D eigenvalue weighted by Crippen LogP contribution is -2.28. The number of rotatable bonds is 4. The van der Waals surface area contributed by atoms with Gasteiger partial charge in [-0.15, -0.1) is 0 Å². The third-order valence-corrected chi connectivity index (χ3v) is 2.24. The van der Waals surface area contributed by atoms with Gasteiger partial charge in [0.2, 0.25) is 0 Å². The van der Waals surface area contributed by atoms with E-state index >= 15 is 0 Å². The Labute approximate surface area is 91.7 Å². The molecule has 1 rings (SSSR count). The SMILES string of the molecule is COc1ccc(CC[C@@H](O)C(F)(F)F)cc1. The van der Waals surface area contributed by atoms with E-state index in [0.717, 1.165) is 5.56 Å². The summed E-state index contributed by atoms with van der Waals surface area (Å²) in [5.74, 6) is 0.653. The number of alkyl halides is 3. The van der Waals surface area contributed by atoms with Crippen molar-refractivity contribution >= 4 is 0 Å². The fraction of sp³-hybridized carbons (Fsp3) is 0.455. The van der Waals surface area contributed by atoms with Crippen molar-refractivity contribution in [2.75, 3.05) is 7.11 Å². The van der Waals surface area contributed by atoms with Crippen molar-refractivity contribution in [3.63, 3.8) is 0 Å².